The number of hydrogen-bond donors (Lipinski definition) is 0. The molecule has 3 unspecified atom stereocenters. The fraction of sp³-hybridized carbons (Fsp3) is 1.00. The fourth-order valence-corrected chi connectivity index (χ4v) is 4.46. The van der Waals surface area contributed by atoms with Gasteiger partial charge in [-0.15, -0.1) is 0 Å². The highest BCUT2D eigenvalue weighted by atomic mass is 79.9. The van der Waals surface area contributed by atoms with E-state index in [2.05, 4.69) is 22.9 Å². The Bertz CT molecular complexity index is 223. The molecule has 100 valence electrons. The zero-order chi connectivity index (χ0) is 12.3. The first kappa shape index (κ1) is 13.8. The van der Waals surface area contributed by atoms with Gasteiger partial charge in [-0.3, -0.25) is 0 Å². The van der Waals surface area contributed by atoms with Gasteiger partial charge in [0.05, 0.1) is 0 Å². The second-order valence-electron chi connectivity index (χ2n) is 6.16. The summed E-state index contributed by atoms with van der Waals surface area (Å²) in [5.41, 5.74) is 0. The topological polar surface area (TPSA) is 0 Å². The lowest BCUT2D eigenvalue weighted by Crippen LogP contribution is -2.34. The average Bonchev–Trinajstić information content (AvgIpc) is 2.31. The van der Waals surface area contributed by atoms with Gasteiger partial charge in [0.1, 0.15) is 6.17 Å². The van der Waals surface area contributed by atoms with Gasteiger partial charge in [-0.25, -0.2) is 4.39 Å². The molecule has 2 saturated carbocycles. The predicted molar refractivity (Wildman–Crippen MR) is 75.3 cm³/mol. The van der Waals surface area contributed by atoms with E-state index in [4.69, 9.17) is 0 Å². The van der Waals surface area contributed by atoms with Crippen LogP contribution in [0.5, 0.6) is 0 Å². The molecule has 0 saturated heterocycles. The molecule has 0 aromatic heterocycles. The van der Waals surface area contributed by atoms with Crippen LogP contribution in [0.15, 0.2) is 0 Å². The van der Waals surface area contributed by atoms with Crippen molar-refractivity contribution in [2.24, 2.45) is 17.8 Å². The second-order valence-corrected chi connectivity index (χ2v) is 7.45. The van der Waals surface area contributed by atoms with Gasteiger partial charge in [-0.1, -0.05) is 35.7 Å². The minimum Gasteiger partial charge on any atom is -0.247 e. The Kier molecular flexibility index (Phi) is 5.32. The third-order valence-corrected chi connectivity index (χ3v) is 5.85. The molecule has 2 rings (SSSR count). The van der Waals surface area contributed by atoms with E-state index >= 15 is 0 Å². The largest absolute Gasteiger partial charge is 0.247 e. The molecule has 0 spiro atoms. The van der Waals surface area contributed by atoms with E-state index in [0.29, 0.717) is 22.6 Å². The quantitative estimate of drug-likeness (QED) is 0.604. The molecular formula is C15H26BrF. The molecule has 0 aliphatic heterocycles. The summed E-state index contributed by atoms with van der Waals surface area (Å²) >= 11 is 3.69. The van der Waals surface area contributed by atoms with Crippen LogP contribution in [0.2, 0.25) is 0 Å². The number of halogens is 2. The van der Waals surface area contributed by atoms with Gasteiger partial charge in [0.2, 0.25) is 0 Å². The molecule has 0 aromatic carbocycles. The van der Waals surface area contributed by atoms with Gasteiger partial charge in [0, 0.05) is 4.83 Å². The maximum atomic E-state index is 14.3. The van der Waals surface area contributed by atoms with Crippen molar-refractivity contribution >= 4 is 15.9 Å². The first-order chi connectivity index (χ1) is 8.20. The smallest absolute Gasteiger partial charge is 0.103 e. The standard InChI is InChI=1S/C15H26BrF/c1-2-3-11-4-9-14(15(17)10-11)12-5-7-13(16)8-6-12/h11-15H,2-10H2,1H3. The Morgan fingerprint density at radius 1 is 1.06 bits per heavy atom. The summed E-state index contributed by atoms with van der Waals surface area (Å²) in [6.45, 7) is 2.22. The summed E-state index contributed by atoms with van der Waals surface area (Å²) < 4.78 is 14.3. The second kappa shape index (κ2) is 6.54. The van der Waals surface area contributed by atoms with Crippen LogP contribution in [-0.2, 0) is 0 Å². The molecule has 0 amide bonds. The Labute approximate surface area is 114 Å². The molecule has 0 nitrogen and oxygen atoms in total. The van der Waals surface area contributed by atoms with E-state index in [1.165, 1.54) is 44.9 Å². The Morgan fingerprint density at radius 2 is 1.76 bits per heavy atom. The van der Waals surface area contributed by atoms with Crippen LogP contribution in [0.4, 0.5) is 4.39 Å². The Balaban J connectivity index is 1.82. The molecule has 0 N–H and O–H groups in total. The van der Waals surface area contributed by atoms with E-state index in [0.717, 1.165) is 12.8 Å². The van der Waals surface area contributed by atoms with Crippen molar-refractivity contribution < 1.29 is 4.39 Å². The van der Waals surface area contributed by atoms with E-state index in [-0.39, 0.29) is 0 Å². The van der Waals surface area contributed by atoms with Crippen molar-refractivity contribution in [2.75, 3.05) is 0 Å². The predicted octanol–water partition coefficient (Wildman–Crippen LogP) is 5.49. The Morgan fingerprint density at radius 3 is 2.35 bits per heavy atom. The lowest BCUT2D eigenvalue weighted by Gasteiger charge is -2.39. The summed E-state index contributed by atoms with van der Waals surface area (Å²) in [6.07, 6.45) is 10.3. The molecule has 3 atom stereocenters. The van der Waals surface area contributed by atoms with E-state index in [1.807, 2.05) is 0 Å². The molecule has 2 fully saturated rings. The van der Waals surface area contributed by atoms with Crippen molar-refractivity contribution in [3.8, 4) is 0 Å². The highest BCUT2D eigenvalue weighted by Crippen LogP contribution is 2.43. The summed E-state index contributed by atoms with van der Waals surface area (Å²) in [7, 11) is 0. The van der Waals surface area contributed by atoms with Crippen LogP contribution in [0, 0.1) is 17.8 Å². The number of rotatable bonds is 3. The number of hydrogen-bond acceptors (Lipinski definition) is 0. The highest BCUT2D eigenvalue weighted by molar-refractivity contribution is 9.09. The van der Waals surface area contributed by atoms with Crippen molar-refractivity contribution in [1.82, 2.24) is 0 Å². The minimum atomic E-state index is -0.503. The SMILES string of the molecule is CCCC1CCC(C2CCC(Br)CC2)C(F)C1. The van der Waals surface area contributed by atoms with Crippen LogP contribution in [0.1, 0.15) is 64.7 Å². The fourth-order valence-electron chi connectivity index (χ4n) is 3.93. The molecule has 0 bridgehead atoms. The van der Waals surface area contributed by atoms with E-state index < -0.39 is 6.17 Å². The Hall–Kier alpha value is 0.410. The van der Waals surface area contributed by atoms with Gasteiger partial charge >= 0.3 is 0 Å². The molecule has 2 aliphatic carbocycles. The van der Waals surface area contributed by atoms with E-state index in [1.54, 1.807) is 0 Å². The molecule has 2 heteroatoms. The molecule has 0 radical (unpaired) electrons. The van der Waals surface area contributed by atoms with Gasteiger partial charge in [-0.2, -0.15) is 0 Å². The van der Waals surface area contributed by atoms with Gasteiger partial charge in [0.15, 0.2) is 0 Å². The third kappa shape index (κ3) is 3.68. The maximum Gasteiger partial charge on any atom is 0.103 e. The highest BCUT2D eigenvalue weighted by Gasteiger charge is 2.36. The molecule has 0 heterocycles. The lowest BCUT2D eigenvalue weighted by atomic mass is 9.69. The number of alkyl halides is 2. The van der Waals surface area contributed by atoms with Gasteiger partial charge < -0.3 is 0 Å². The van der Waals surface area contributed by atoms with E-state index in [9.17, 15) is 4.39 Å². The van der Waals surface area contributed by atoms with Gasteiger partial charge in [-0.05, 0) is 62.7 Å². The summed E-state index contributed by atoms with van der Waals surface area (Å²) in [6, 6.07) is 0. The molecule has 2 aliphatic rings. The molecular weight excluding hydrogens is 279 g/mol. The average molecular weight is 305 g/mol. The molecule has 17 heavy (non-hydrogen) atoms. The summed E-state index contributed by atoms with van der Waals surface area (Å²) in [5.74, 6) is 1.75. The van der Waals surface area contributed by atoms with Crippen LogP contribution in [-0.4, -0.2) is 11.0 Å². The zero-order valence-corrected chi connectivity index (χ0v) is 12.6. The summed E-state index contributed by atoms with van der Waals surface area (Å²) in [5, 5.41) is 0. The van der Waals surface area contributed by atoms with Crippen LogP contribution >= 0.6 is 15.9 Å². The lowest BCUT2D eigenvalue weighted by molar-refractivity contribution is 0.0652. The van der Waals surface area contributed by atoms with Crippen molar-refractivity contribution in [3.63, 3.8) is 0 Å². The normalized spacial score (nSPS) is 43.6. The van der Waals surface area contributed by atoms with Crippen LogP contribution in [0.3, 0.4) is 0 Å². The maximum absolute atomic E-state index is 14.3. The third-order valence-electron chi connectivity index (χ3n) is 4.94. The van der Waals surface area contributed by atoms with Crippen molar-refractivity contribution in [3.05, 3.63) is 0 Å². The van der Waals surface area contributed by atoms with Crippen molar-refractivity contribution in [1.29, 1.82) is 0 Å². The van der Waals surface area contributed by atoms with Crippen LogP contribution in [0.25, 0.3) is 0 Å². The van der Waals surface area contributed by atoms with Crippen LogP contribution < -0.4 is 0 Å². The summed E-state index contributed by atoms with van der Waals surface area (Å²) in [4.78, 5) is 0.702. The molecule has 0 aromatic rings. The monoisotopic (exact) mass is 304 g/mol. The first-order valence-electron chi connectivity index (χ1n) is 7.48. The van der Waals surface area contributed by atoms with Crippen molar-refractivity contribution in [2.45, 2.75) is 75.7 Å². The minimum absolute atomic E-state index is 0.392. The first-order valence-corrected chi connectivity index (χ1v) is 8.40. The van der Waals surface area contributed by atoms with Gasteiger partial charge in [0.25, 0.3) is 0 Å². The zero-order valence-electron chi connectivity index (χ0n) is 11.0.